The molecule has 0 radical (unpaired) electrons. The molecular formula is C44H85N. The van der Waals surface area contributed by atoms with Crippen molar-refractivity contribution in [1.82, 2.24) is 0 Å². The third-order valence-corrected chi connectivity index (χ3v) is 9.76. The molecule has 0 aliphatic rings. The summed E-state index contributed by atoms with van der Waals surface area (Å²) in [5.74, 6) is 0. The van der Waals surface area contributed by atoms with Gasteiger partial charge in [0.15, 0.2) is 0 Å². The van der Waals surface area contributed by atoms with E-state index in [0.29, 0.717) is 0 Å². The Bertz CT molecular complexity index is 619. The highest BCUT2D eigenvalue weighted by atomic mass is 14.5. The normalized spacial score (nSPS) is 11.1. The van der Waals surface area contributed by atoms with E-state index in [9.17, 15) is 0 Å². The molecule has 0 aliphatic carbocycles. The number of hydrogen-bond acceptors (Lipinski definition) is 1. The summed E-state index contributed by atoms with van der Waals surface area (Å²) in [4.78, 5) is 0. The fourth-order valence-corrected chi connectivity index (χ4v) is 6.54. The minimum Gasteiger partial charge on any atom is -0.399 e. The zero-order chi connectivity index (χ0) is 32.7. The quantitative estimate of drug-likeness (QED) is 0.0597. The molecule has 0 fully saturated rings. The Labute approximate surface area is 286 Å². The van der Waals surface area contributed by atoms with E-state index in [4.69, 9.17) is 5.73 Å². The largest absolute Gasteiger partial charge is 0.399 e. The van der Waals surface area contributed by atoms with Crippen LogP contribution in [0.15, 0.2) is 24.3 Å². The second-order valence-corrected chi connectivity index (χ2v) is 14.5. The number of hydrogen-bond donors (Lipinski definition) is 1. The predicted octanol–water partition coefficient (Wildman–Crippen LogP) is 16.1. The van der Waals surface area contributed by atoms with E-state index >= 15 is 0 Å². The third kappa shape index (κ3) is 37.4. The average Bonchev–Trinajstić information content (AvgIpc) is 3.05. The number of aryl methyl sites for hydroxylation is 1. The monoisotopic (exact) mass is 628 g/mol. The van der Waals surface area contributed by atoms with Gasteiger partial charge in [0, 0.05) is 5.69 Å². The second-order valence-electron chi connectivity index (χ2n) is 14.5. The van der Waals surface area contributed by atoms with Crippen LogP contribution in [-0.4, -0.2) is 0 Å². The SMILES string of the molecule is CCCCCCCCCCCCCCCCCCC.CCCCCCCCCCCCCCCCCCCc1ccc(N)cc1. The number of benzene rings is 1. The van der Waals surface area contributed by atoms with E-state index in [-0.39, 0.29) is 0 Å². The van der Waals surface area contributed by atoms with Gasteiger partial charge in [0.1, 0.15) is 0 Å². The molecule has 45 heavy (non-hydrogen) atoms. The second kappa shape index (κ2) is 39.2. The van der Waals surface area contributed by atoms with Gasteiger partial charge < -0.3 is 5.73 Å². The lowest BCUT2D eigenvalue weighted by Crippen LogP contribution is -1.88. The van der Waals surface area contributed by atoms with Crippen LogP contribution >= 0.6 is 0 Å². The van der Waals surface area contributed by atoms with Crippen LogP contribution < -0.4 is 5.73 Å². The summed E-state index contributed by atoms with van der Waals surface area (Å²) in [6.45, 7) is 6.89. The zero-order valence-electron chi connectivity index (χ0n) is 31.6. The van der Waals surface area contributed by atoms with Gasteiger partial charge in [-0.1, -0.05) is 245 Å². The fourth-order valence-electron chi connectivity index (χ4n) is 6.54. The molecule has 0 heterocycles. The van der Waals surface area contributed by atoms with E-state index in [2.05, 4.69) is 32.9 Å². The summed E-state index contributed by atoms with van der Waals surface area (Å²) in [7, 11) is 0. The van der Waals surface area contributed by atoms with E-state index < -0.39 is 0 Å². The topological polar surface area (TPSA) is 26.0 Å². The number of anilines is 1. The minimum atomic E-state index is 0.871. The van der Waals surface area contributed by atoms with E-state index in [1.165, 1.54) is 230 Å². The van der Waals surface area contributed by atoms with Crippen LogP contribution in [0.1, 0.15) is 245 Å². The minimum absolute atomic E-state index is 0.871. The van der Waals surface area contributed by atoms with Crippen molar-refractivity contribution in [3.63, 3.8) is 0 Å². The Hall–Kier alpha value is -0.980. The molecule has 1 aromatic carbocycles. The van der Waals surface area contributed by atoms with Crippen molar-refractivity contribution < 1.29 is 0 Å². The van der Waals surface area contributed by atoms with Crippen LogP contribution in [-0.2, 0) is 6.42 Å². The molecule has 0 amide bonds. The Balaban J connectivity index is 0.000000907. The summed E-state index contributed by atoms with van der Waals surface area (Å²) >= 11 is 0. The first-order valence-electron chi connectivity index (χ1n) is 21.1. The van der Waals surface area contributed by atoms with Crippen molar-refractivity contribution >= 4 is 5.69 Å². The lowest BCUT2D eigenvalue weighted by atomic mass is 10.0. The van der Waals surface area contributed by atoms with Gasteiger partial charge in [0.2, 0.25) is 0 Å². The van der Waals surface area contributed by atoms with E-state index in [1.807, 2.05) is 12.1 Å². The van der Waals surface area contributed by atoms with Crippen molar-refractivity contribution in [2.24, 2.45) is 0 Å². The Kier molecular flexibility index (Phi) is 38.3. The van der Waals surface area contributed by atoms with Gasteiger partial charge in [-0.25, -0.2) is 0 Å². The predicted molar refractivity (Wildman–Crippen MR) is 209 cm³/mol. The van der Waals surface area contributed by atoms with Crippen LogP contribution in [0.2, 0.25) is 0 Å². The first-order chi connectivity index (χ1) is 22.2. The maximum atomic E-state index is 5.72. The number of nitrogens with two attached hydrogens (primary N) is 1. The molecule has 0 aliphatic heterocycles. The van der Waals surface area contributed by atoms with Crippen molar-refractivity contribution in [1.29, 1.82) is 0 Å². The van der Waals surface area contributed by atoms with Crippen molar-refractivity contribution in [3.8, 4) is 0 Å². The summed E-state index contributed by atoms with van der Waals surface area (Å²) in [6, 6.07) is 8.37. The maximum Gasteiger partial charge on any atom is 0.0314 e. The van der Waals surface area contributed by atoms with Crippen molar-refractivity contribution in [2.45, 2.75) is 245 Å². The summed E-state index contributed by atoms with van der Waals surface area (Å²) in [5, 5.41) is 0. The van der Waals surface area contributed by atoms with Crippen LogP contribution in [0.4, 0.5) is 5.69 Å². The Morgan fingerprint density at radius 2 is 0.489 bits per heavy atom. The van der Waals surface area contributed by atoms with Gasteiger partial charge in [-0.3, -0.25) is 0 Å². The number of nitrogen functional groups attached to an aromatic ring is 1. The molecule has 1 heteroatoms. The molecule has 0 spiro atoms. The molecule has 0 unspecified atom stereocenters. The zero-order valence-corrected chi connectivity index (χ0v) is 31.6. The van der Waals surface area contributed by atoms with E-state index in [0.717, 1.165) is 5.69 Å². The fraction of sp³-hybridized carbons (Fsp3) is 0.864. The molecule has 1 nitrogen and oxygen atoms in total. The molecule has 1 rings (SSSR count). The first-order valence-corrected chi connectivity index (χ1v) is 21.1. The van der Waals surface area contributed by atoms with Crippen LogP contribution in [0, 0.1) is 0 Å². The molecule has 0 aromatic heterocycles. The number of unbranched alkanes of at least 4 members (excludes halogenated alkanes) is 32. The van der Waals surface area contributed by atoms with Crippen LogP contribution in [0.25, 0.3) is 0 Å². The highest BCUT2D eigenvalue weighted by molar-refractivity contribution is 5.39. The van der Waals surface area contributed by atoms with E-state index in [1.54, 1.807) is 0 Å². The average molecular weight is 628 g/mol. The van der Waals surface area contributed by atoms with Crippen molar-refractivity contribution in [2.75, 3.05) is 5.73 Å². The molecule has 0 atom stereocenters. The molecular weight excluding hydrogens is 542 g/mol. The Morgan fingerprint density at radius 1 is 0.289 bits per heavy atom. The molecule has 2 N–H and O–H groups in total. The molecule has 0 bridgehead atoms. The summed E-state index contributed by atoms with van der Waals surface area (Å²) < 4.78 is 0. The van der Waals surface area contributed by atoms with Gasteiger partial charge in [-0.2, -0.15) is 0 Å². The van der Waals surface area contributed by atoms with Gasteiger partial charge in [0.05, 0.1) is 0 Å². The van der Waals surface area contributed by atoms with Crippen molar-refractivity contribution in [3.05, 3.63) is 29.8 Å². The first kappa shape index (κ1) is 44.0. The number of rotatable bonds is 34. The lowest BCUT2D eigenvalue weighted by Gasteiger charge is -2.04. The summed E-state index contributed by atoms with van der Waals surface area (Å²) in [6.07, 6.45) is 50.6. The molecule has 0 saturated carbocycles. The third-order valence-electron chi connectivity index (χ3n) is 9.76. The van der Waals surface area contributed by atoms with Gasteiger partial charge in [0.25, 0.3) is 0 Å². The smallest absolute Gasteiger partial charge is 0.0314 e. The molecule has 266 valence electrons. The molecule has 0 saturated heterocycles. The Morgan fingerprint density at radius 3 is 0.711 bits per heavy atom. The molecule has 1 aromatic rings. The maximum absolute atomic E-state index is 5.72. The van der Waals surface area contributed by atoms with Crippen LogP contribution in [0.5, 0.6) is 0 Å². The highest BCUT2D eigenvalue weighted by Gasteiger charge is 1.97. The lowest BCUT2D eigenvalue weighted by molar-refractivity contribution is 0.527. The summed E-state index contributed by atoms with van der Waals surface area (Å²) in [5.41, 5.74) is 8.02. The van der Waals surface area contributed by atoms with Gasteiger partial charge in [-0.15, -0.1) is 0 Å². The van der Waals surface area contributed by atoms with Gasteiger partial charge >= 0.3 is 0 Å². The highest BCUT2D eigenvalue weighted by Crippen LogP contribution is 2.16. The van der Waals surface area contributed by atoms with Crippen LogP contribution in [0.3, 0.4) is 0 Å². The van der Waals surface area contributed by atoms with Gasteiger partial charge in [-0.05, 0) is 30.5 Å². The standard InChI is InChI=1S/C25H45N.C19H40/c1-2-3-4-5-6-7-8-9-10-11-12-13-14-15-16-17-18-19-24-20-22-25(26)23-21-24;1-3-5-7-9-11-13-15-17-19-18-16-14-12-10-8-6-4-2/h20-23H,2-19,26H2,1H3;3-19H2,1-2H3.